The summed E-state index contributed by atoms with van der Waals surface area (Å²) in [4.78, 5) is 0. The van der Waals surface area contributed by atoms with Crippen LogP contribution in [0.2, 0.25) is 0 Å². The first-order valence-electron chi connectivity index (χ1n) is 6.43. The molecule has 0 amide bonds. The van der Waals surface area contributed by atoms with Gasteiger partial charge < -0.3 is 10.1 Å². The Morgan fingerprint density at radius 3 is 2.52 bits per heavy atom. The molecule has 1 aromatic carbocycles. The summed E-state index contributed by atoms with van der Waals surface area (Å²) in [6.07, 6.45) is 1.52. The van der Waals surface area contributed by atoms with Gasteiger partial charge >= 0.3 is 0 Å². The molecule has 0 spiro atoms. The summed E-state index contributed by atoms with van der Waals surface area (Å²) in [5.74, 6) is -0.780. The molecule has 0 fully saturated rings. The predicted octanol–water partition coefficient (Wildman–Crippen LogP) is 3.17. The molecule has 1 unspecified atom stereocenters. The van der Waals surface area contributed by atoms with Crippen LogP contribution in [0, 0.1) is 11.6 Å². The molecule has 21 heavy (non-hydrogen) atoms. The van der Waals surface area contributed by atoms with Crippen LogP contribution in [0.1, 0.15) is 24.2 Å². The highest BCUT2D eigenvalue weighted by Gasteiger charge is 2.27. The average Bonchev–Trinajstić information content (AvgIpc) is 2.77. The Bertz CT molecular complexity index is 622. The Morgan fingerprint density at radius 1 is 1.38 bits per heavy atom. The summed E-state index contributed by atoms with van der Waals surface area (Å²) < 4.78 is 35.7. The largest absolute Gasteiger partial charge is 0.493 e. The lowest BCUT2D eigenvalue weighted by molar-refractivity contribution is 0.397. The van der Waals surface area contributed by atoms with Crippen molar-refractivity contribution in [3.8, 4) is 5.75 Å². The van der Waals surface area contributed by atoms with Gasteiger partial charge in [0.2, 0.25) is 0 Å². The number of halogens is 3. The molecular formula is C14H16BrF2N3O. The van der Waals surface area contributed by atoms with Gasteiger partial charge in [0.15, 0.2) is 5.75 Å². The molecule has 4 nitrogen and oxygen atoms in total. The number of hydrogen-bond acceptors (Lipinski definition) is 3. The van der Waals surface area contributed by atoms with Crippen molar-refractivity contribution in [3.05, 3.63) is 45.7 Å². The maximum absolute atomic E-state index is 14.3. The number of benzene rings is 1. The van der Waals surface area contributed by atoms with E-state index in [-0.39, 0.29) is 5.56 Å². The third-order valence-corrected chi connectivity index (χ3v) is 3.64. The molecule has 0 radical (unpaired) electrons. The zero-order chi connectivity index (χ0) is 15.6. The molecule has 114 valence electrons. The van der Waals surface area contributed by atoms with Crippen LogP contribution in [0.5, 0.6) is 5.75 Å². The van der Waals surface area contributed by atoms with Crippen molar-refractivity contribution in [1.29, 1.82) is 0 Å². The molecule has 0 aliphatic carbocycles. The van der Waals surface area contributed by atoms with E-state index < -0.39 is 17.7 Å². The van der Waals surface area contributed by atoms with Gasteiger partial charge in [0.1, 0.15) is 17.3 Å². The van der Waals surface area contributed by atoms with Crippen molar-refractivity contribution in [3.63, 3.8) is 0 Å². The zero-order valence-corrected chi connectivity index (χ0v) is 13.5. The first kappa shape index (κ1) is 15.9. The third kappa shape index (κ3) is 3.08. The van der Waals surface area contributed by atoms with Crippen LogP contribution >= 0.6 is 15.9 Å². The van der Waals surface area contributed by atoms with E-state index in [1.54, 1.807) is 11.7 Å². The molecule has 1 atom stereocenters. The Labute approximate surface area is 130 Å². The monoisotopic (exact) mass is 359 g/mol. The fourth-order valence-corrected chi connectivity index (χ4v) is 2.68. The second-order valence-corrected chi connectivity index (χ2v) is 5.41. The van der Waals surface area contributed by atoms with Gasteiger partial charge in [0, 0.05) is 17.1 Å². The molecule has 1 aromatic heterocycles. The minimum Gasteiger partial charge on any atom is -0.493 e. The van der Waals surface area contributed by atoms with Gasteiger partial charge in [-0.05, 0) is 18.7 Å². The fourth-order valence-electron chi connectivity index (χ4n) is 2.28. The van der Waals surface area contributed by atoms with Crippen LogP contribution in [0.15, 0.2) is 22.8 Å². The van der Waals surface area contributed by atoms with Crippen LogP contribution in [0.4, 0.5) is 8.78 Å². The van der Waals surface area contributed by atoms with Gasteiger partial charge in [0.05, 0.1) is 19.3 Å². The first-order chi connectivity index (χ1) is 9.99. The molecule has 2 rings (SSSR count). The van der Waals surface area contributed by atoms with Crippen molar-refractivity contribution in [1.82, 2.24) is 15.1 Å². The number of hydrogen-bond donors (Lipinski definition) is 1. The summed E-state index contributed by atoms with van der Waals surface area (Å²) in [5.41, 5.74) is 0.515. The molecule has 1 heterocycles. The number of ether oxygens (including phenoxy) is 1. The van der Waals surface area contributed by atoms with E-state index >= 15 is 0 Å². The first-order valence-corrected chi connectivity index (χ1v) is 7.22. The minimum absolute atomic E-state index is 0.0537. The maximum atomic E-state index is 14.3. The Morgan fingerprint density at radius 2 is 2.00 bits per heavy atom. The van der Waals surface area contributed by atoms with E-state index in [1.807, 2.05) is 6.92 Å². The van der Waals surface area contributed by atoms with Crippen LogP contribution in [0.25, 0.3) is 0 Å². The lowest BCUT2D eigenvalue weighted by Crippen LogP contribution is -2.26. The van der Waals surface area contributed by atoms with Gasteiger partial charge in [-0.3, -0.25) is 4.68 Å². The minimum atomic E-state index is -0.689. The van der Waals surface area contributed by atoms with E-state index in [9.17, 15) is 8.78 Å². The highest BCUT2D eigenvalue weighted by Crippen LogP contribution is 2.33. The third-order valence-electron chi connectivity index (χ3n) is 3.18. The molecule has 0 bridgehead atoms. The van der Waals surface area contributed by atoms with E-state index in [0.717, 1.165) is 0 Å². The number of aryl methyl sites for hydroxylation is 1. The average molecular weight is 360 g/mol. The number of nitrogens with one attached hydrogen (secondary N) is 1. The summed E-state index contributed by atoms with van der Waals surface area (Å²) in [7, 11) is 3.20. The lowest BCUT2D eigenvalue weighted by atomic mass is 10.0. The highest BCUT2D eigenvalue weighted by atomic mass is 79.9. The molecule has 1 N–H and O–H groups in total. The SMILES string of the molecule is CCNC(c1c(F)cc(Br)cc1F)c1c(OC)cnn1C. The molecular weight excluding hydrogens is 344 g/mol. The van der Waals surface area contributed by atoms with Crippen molar-refractivity contribution in [2.24, 2.45) is 7.05 Å². The van der Waals surface area contributed by atoms with Gasteiger partial charge in [-0.1, -0.05) is 22.9 Å². The second kappa shape index (κ2) is 6.53. The van der Waals surface area contributed by atoms with Crippen LogP contribution in [0.3, 0.4) is 0 Å². The Kier molecular flexibility index (Phi) is 4.95. The van der Waals surface area contributed by atoms with Gasteiger partial charge in [-0.2, -0.15) is 5.10 Å². The van der Waals surface area contributed by atoms with Crippen molar-refractivity contribution < 1.29 is 13.5 Å². The predicted molar refractivity (Wildman–Crippen MR) is 79.3 cm³/mol. The number of methoxy groups -OCH3 is 1. The number of nitrogens with zero attached hydrogens (tertiary/aromatic N) is 2. The zero-order valence-electron chi connectivity index (χ0n) is 12.0. The topological polar surface area (TPSA) is 39.1 Å². The quantitative estimate of drug-likeness (QED) is 0.890. The maximum Gasteiger partial charge on any atom is 0.161 e. The van der Waals surface area contributed by atoms with E-state index in [1.165, 1.54) is 25.4 Å². The summed E-state index contributed by atoms with van der Waals surface area (Å²) >= 11 is 3.08. The number of aromatic nitrogens is 2. The lowest BCUT2D eigenvalue weighted by Gasteiger charge is -2.21. The second-order valence-electron chi connectivity index (χ2n) is 4.50. The van der Waals surface area contributed by atoms with E-state index in [4.69, 9.17) is 4.74 Å². The van der Waals surface area contributed by atoms with E-state index in [0.29, 0.717) is 22.5 Å². The normalized spacial score (nSPS) is 12.5. The molecule has 0 aliphatic heterocycles. The number of rotatable bonds is 5. The summed E-state index contributed by atoms with van der Waals surface area (Å²) in [6.45, 7) is 2.40. The fraction of sp³-hybridized carbons (Fsp3) is 0.357. The van der Waals surface area contributed by atoms with Crippen LogP contribution in [-0.2, 0) is 7.05 Å². The van der Waals surface area contributed by atoms with E-state index in [2.05, 4.69) is 26.3 Å². The molecule has 0 saturated carbocycles. The molecule has 0 aliphatic rings. The standard InChI is InChI=1S/C14H16BrF2N3O/c1-4-18-13(14-11(21-3)7-19-20(14)2)12-9(16)5-8(15)6-10(12)17/h5-7,13,18H,4H2,1-3H3. The van der Waals surface area contributed by atoms with Crippen LogP contribution < -0.4 is 10.1 Å². The summed E-state index contributed by atoms with van der Waals surface area (Å²) in [6, 6.07) is 1.79. The molecule has 2 aromatic rings. The molecule has 0 saturated heterocycles. The smallest absolute Gasteiger partial charge is 0.161 e. The summed E-state index contributed by atoms with van der Waals surface area (Å²) in [5, 5.41) is 7.17. The highest BCUT2D eigenvalue weighted by molar-refractivity contribution is 9.10. The van der Waals surface area contributed by atoms with Crippen molar-refractivity contribution in [2.45, 2.75) is 13.0 Å². The van der Waals surface area contributed by atoms with Crippen molar-refractivity contribution in [2.75, 3.05) is 13.7 Å². The van der Waals surface area contributed by atoms with Crippen LogP contribution in [-0.4, -0.2) is 23.4 Å². The van der Waals surface area contributed by atoms with Crippen molar-refractivity contribution >= 4 is 15.9 Å². The Hall–Kier alpha value is -1.47. The van der Waals surface area contributed by atoms with Gasteiger partial charge in [-0.25, -0.2) is 8.78 Å². The van der Waals surface area contributed by atoms with Gasteiger partial charge in [0.25, 0.3) is 0 Å². The van der Waals surface area contributed by atoms with Gasteiger partial charge in [-0.15, -0.1) is 0 Å². The Balaban J connectivity index is 2.62. The molecule has 7 heteroatoms.